The van der Waals surface area contributed by atoms with Crippen molar-refractivity contribution in [2.45, 2.75) is 31.4 Å². The van der Waals surface area contributed by atoms with Crippen LogP contribution in [0.1, 0.15) is 25.3 Å². The van der Waals surface area contributed by atoms with Crippen LogP contribution in [0.15, 0.2) is 71.5 Å². The topological polar surface area (TPSA) is 69.8 Å². The fourth-order valence-corrected chi connectivity index (χ4v) is 5.01. The predicted molar refractivity (Wildman–Crippen MR) is 135 cm³/mol. The molecule has 3 N–H and O–H groups in total. The third kappa shape index (κ3) is 5.09. The highest BCUT2D eigenvalue weighted by atomic mass is 35.5. The largest absolute Gasteiger partial charge is 0.398 e. The lowest BCUT2D eigenvalue weighted by molar-refractivity contribution is -0.149. The van der Waals surface area contributed by atoms with E-state index in [1.807, 2.05) is 12.1 Å². The van der Waals surface area contributed by atoms with E-state index in [0.29, 0.717) is 47.4 Å². The van der Waals surface area contributed by atoms with Gasteiger partial charge in [-0.05, 0) is 49.3 Å². The number of nitrogen functional groups attached to an aromatic ring is 1. The Morgan fingerprint density at radius 2 is 1.97 bits per heavy atom. The van der Waals surface area contributed by atoms with E-state index in [9.17, 15) is 14.3 Å². The monoisotopic (exact) mass is 503 g/mol. The van der Waals surface area contributed by atoms with E-state index in [2.05, 4.69) is 4.90 Å². The molecule has 5 nitrogen and oxygen atoms in total. The molecular formula is C26H28Cl2FN3O2. The molecule has 34 heavy (non-hydrogen) atoms. The third-order valence-electron chi connectivity index (χ3n) is 6.63. The van der Waals surface area contributed by atoms with Gasteiger partial charge in [-0.15, -0.1) is 0 Å². The summed E-state index contributed by atoms with van der Waals surface area (Å²) in [5.74, 6) is -0.784. The molecule has 0 spiro atoms. The van der Waals surface area contributed by atoms with E-state index in [0.717, 1.165) is 5.69 Å². The van der Waals surface area contributed by atoms with Crippen LogP contribution in [0.5, 0.6) is 0 Å². The Morgan fingerprint density at radius 1 is 1.24 bits per heavy atom. The van der Waals surface area contributed by atoms with Crippen LogP contribution in [0.2, 0.25) is 5.02 Å². The minimum Gasteiger partial charge on any atom is -0.398 e. The molecule has 180 valence electrons. The Kier molecular flexibility index (Phi) is 7.22. The van der Waals surface area contributed by atoms with E-state index in [1.54, 1.807) is 47.4 Å². The molecule has 8 heteroatoms. The number of anilines is 2. The molecule has 1 amide bonds. The zero-order chi connectivity index (χ0) is 24.5. The number of allylic oxidation sites excluding steroid dienone is 3. The number of hydrogen-bond acceptors (Lipinski definition) is 4. The number of nitrogens with two attached hydrogens (primary N) is 1. The second kappa shape index (κ2) is 9.98. The lowest BCUT2D eigenvalue weighted by atomic mass is 9.94. The van der Waals surface area contributed by atoms with Gasteiger partial charge in [0.1, 0.15) is 5.83 Å². The number of halogens is 3. The molecule has 2 aromatic carbocycles. The van der Waals surface area contributed by atoms with E-state index in [4.69, 9.17) is 28.9 Å². The second-order valence-electron chi connectivity index (χ2n) is 9.06. The van der Waals surface area contributed by atoms with E-state index in [1.165, 1.54) is 13.0 Å². The van der Waals surface area contributed by atoms with Gasteiger partial charge in [0.25, 0.3) is 5.91 Å². The van der Waals surface area contributed by atoms with Crippen LogP contribution in [0.25, 0.3) is 0 Å². The number of benzene rings is 2. The van der Waals surface area contributed by atoms with E-state index in [-0.39, 0.29) is 30.1 Å². The van der Waals surface area contributed by atoms with Crippen LogP contribution in [0.3, 0.4) is 0 Å². The highest BCUT2D eigenvalue weighted by molar-refractivity contribution is 6.33. The average Bonchev–Trinajstić information content (AvgIpc) is 3.31. The summed E-state index contributed by atoms with van der Waals surface area (Å²) in [5, 5.41) is 12.1. The number of carbonyl (C=O) groups excluding carboxylic acids is 1. The summed E-state index contributed by atoms with van der Waals surface area (Å²) in [6.45, 7) is 2.89. The van der Waals surface area contributed by atoms with Crippen molar-refractivity contribution in [1.82, 2.24) is 4.90 Å². The second-order valence-corrected chi connectivity index (χ2v) is 9.90. The Labute approximate surface area is 209 Å². The molecule has 1 saturated heterocycles. The van der Waals surface area contributed by atoms with E-state index < -0.39 is 5.60 Å². The van der Waals surface area contributed by atoms with Gasteiger partial charge in [-0.3, -0.25) is 4.79 Å². The van der Waals surface area contributed by atoms with Crippen molar-refractivity contribution in [3.8, 4) is 0 Å². The first-order chi connectivity index (χ1) is 16.2. The first kappa shape index (κ1) is 24.6. The van der Waals surface area contributed by atoms with Crippen LogP contribution >= 0.6 is 23.2 Å². The number of rotatable bonds is 6. The lowest BCUT2D eigenvalue weighted by Crippen LogP contribution is -2.46. The fraction of sp³-hybridized carbons (Fsp3) is 0.346. The Morgan fingerprint density at radius 3 is 2.68 bits per heavy atom. The summed E-state index contributed by atoms with van der Waals surface area (Å²) in [6.07, 6.45) is 3.89. The maximum atomic E-state index is 14.0. The maximum Gasteiger partial charge on any atom is 0.258 e. The normalized spacial score (nSPS) is 22.1. The molecule has 1 fully saturated rings. The summed E-state index contributed by atoms with van der Waals surface area (Å²) in [5.41, 5.74) is 6.13. The first-order valence-electron chi connectivity index (χ1n) is 11.3. The Bertz CT molecular complexity index is 1120. The third-order valence-corrected chi connectivity index (χ3v) is 7.39. The number of amides is 1. The molecule has 0 aromatic heterocycles. The Hall–Kier alpha value is -2.54. The van der Waals surface area contributed by atoms with Gasteiger partial charge in [0, 0.05) is 48.7 Å². The highest BCUT2D eigenvalue weighted by Crippen LogP contribution is 2.35. The molecule has 1 heterocycles. The molecule has 0 radical (unpaired) electrons. The lowest BCUT2D eigenvalue weighted by Gasteiger charge is -2.35. The van der Waals surface area contributed by atoms with Gasteiger partial charge < -0.3 is 20.6 Å². The molecule has 2 aliphatic rings. The molecule has 3 atom stereocenters. The standard InChI is InChI=1S/C26H28Cl2FN3O2/c1-26(34,18-5-3-2-4-6-18)25(33)31-12-11-21(16-31)32(20-8-10-24(30)23(28)14-20)15-17-13-19(29)7-9-22(17)27/h2-10,14,17,21,34H,11-13,15-16,30H2,1H3/t17?,21-,26?/m0/s1. The van der Waals surface area contributed by atoms with Crippen LogP contribution in [-0.4, -0.2) is 41.6 Å². The van der Waals surface area contributed by atoms with Crippen molar-refractivity contribution in [3.63, 3.8) is 0 Å². The van der Waals surface area contributed by atoms with Crippen molar-refractivity contribution in [1.29, 1.82) is 0 Å². The minimum absolute atomic E-state index is 0.0614. The van der Waals surface area contributed by atoms with Crippen molar-refractivity contribution in [2.75, 3.05) is 30.3 Å². The van der Waals surface area contributed by atoms with Gasteiger partial charge in [-0.1, -0.05) is 53.5 Å². The molecule has 2 aromatic rings. The number of aliphatic hydroxyl groups is 1. The fourth-order valence-electron chi connectivity index (χ4n) is 4.63. The zero-order valence-corrected chi connectivity index (χ0v) is 20.4. The first-order valence-corrected chi connectivity index (χ1v) is 12.0. The maximum absolute atomic E-state index is 14.0. The van der Waals surface area contributed by atoms with Crippen molar-refractivity contribution in [2.24, 2.45) is 5.92 Å². The number of hydrogen-bond donors (Lipinski definition) is 2. The van der Waals surface area contributed by atoms with Crippen LogP contribution in [0, 0.1) is 5.92 Å². The van der Waals surface area contributed by atoms with E-state index >= 15 is 0 Å². The quantitative estimate of drug-likeness (QED) is 0.529. The smallest absolute Gasteiger partial charge is 0.258 e. The molecule has 4 rings (SSSR count). The van der Waals surface area contributed by atoms with Gasteiger partial charge in [-0.2, -0.15) is 0 Å². The van der Waals surface area contributed by atoms with Gasteiger partial charge in [-0.25, -0.2) is 4.39 Å². The van der Waals surface area contributed by atoms with Crippen molar-refractivity contribution in [3.05, 3.63) is 82.1 Å². The molecule has 0 saturated carbocycles. The van der Waals surface area contributed by atoms with Crippen molar-refractivity contribution < 1.29 is 14.3 Å². The summed E-state index contributed by atoms with van der Waals surface area (Å²) in [4.78, 5) is 17.1. The molecule has 0 bridgehead atoms. The molecule has 1 aliphatic heterocycles. The SMILES string of the molecule is CC(O)(C(=O)N1CC[C@H](N(CC2CC(F)=CC=C2Cl)c2ccc(N)c(Cl)c2)C1)c1ccccc1. The summed E-state index contributed by atoms with van der Waals surface area (Å²) < 4.78 is 14.0. The van der Waals surface area contributed by atoms with Crippen LogP contribution < -0.4 is 10.6 Å². The average molecular weight is 504 g/mol. The highest BCUT2D eigenvalue weighted by Gasteiger charge is 2.40. The van der Waals surface area contributed by atoms with Gasteiger partial charge in [0.15, 0.2) is 5.60 Å². The van der Waals surface area contributed by atoms with Crippen molar-refractivity contribution >= 4 is 40.5 Å². The summed E-state index contributed by atoms with van der Waals surface area (Å²) in [6, 6.07) is 14.3. The summed E-state index contributed by atoms with van der Waals surface area (Å²) in [7, 11) is 0. The predicted octanol–water partition coefficient (Wildman–Crippen LogP) is 5.23. The number of carbonyl (C=O) groups is 1. The summed E-state index contributed by atoms with van der Waals surface area (Å²) >= 11 is 12.7. The van der Waals surface area contributed by atoms with Gasteiger partial charge in [0.2, 0.25) is 0 Å². The van der Waals surface area contributed by atoms with Gasteiger partial charge >= 0.3 is 0 Å². The minimum atomic E-state index is -1.63. The number of nitrogens with zero attached hydrogens (tertiary/aromatic N) is 2. The van der Waals surface area contributed by atoms with Crippen LogP contribution in [-0.2, 0) is 10.4 Å². The molecular weight excluding hydrogens is 476 g/mol. The number of likely N-dealkylation sites (tertiary alicyclic amines) is 1. The molecule has 1 aliphatic carbocycles. The zero-order valence-electron chi connectivity index (χ0n) is 18.9. The molecule has 2 unspecified atom stereocenters. The Balaban J connectivity index is 1.57. The van der Waals surface area contributed by atoms with Crippen LogP contribution in [0.4, 0.5) is 15.8 Å². The van der Waals surface area contributed by atoms with Gasteiger partial charge in [0.05, 0.1) is 10.7 Å².